The number of nitrogens with zero attached hydrogens (tertiary/aromatic N) is 1. The molecule has 2 aromatic rings. The van der Waals surface area contributed by atoms with Crippen LogP contribution in [0.5, 0.6) is 11.5 Å². The molecule has 0 unspecified atom stereocenters. The second-order valence-electron chi connectivity index (χ2n) is 6.96. The molecule has 8 heteroatoms. The molecule has 2 amide bonds. The van der Waals surface area contributed by atoms with Crippen LogP contribution < -0.4 is 14.8 Å². The van der Waals surface area contributed by atoms with Crippen LogP contribution in [-0.4, -0.2) is 42.8 Å². The Morgan fingerprint density at radius 3 is 2.76 bits per heavy atom. The maximum atomic E-state index is 13.1. The lowest BCUT2D eigenvalue weighted by molar-refractivity contribution is -0.137. The summed E-state index contributed by atoms with van der Waals surface area (Å²) >= 11 is 1.43. The van der Waals surface area contributed by atoms with Crippen molar-refractivity contribution in [1.29, 1.82) is 0 Å². The van der Waals surface area contributed by atoms with E-state index < -0.39 is 0 Å². The molecule has 0 spiro atoms. The Morgan fingerprint density at radius 2 is 2.00 bits per heavy atom. The molecule has 0 saturated heterocycles. The van der Waals surface area contributed by atoms with E-state index in [1.807, 2.05) is 31.4 Å². The summed E-state index contributed by atoms with van der Waals surface area (Å²) in [7, 11) is 0. The number of anilines is 1. The first kappa shape index (κ1) is 19.5. The van der Waals surface area contributed by atoms with Gasteiger partial charge >= 0.3 is 0 Å². The van der Waals surface area contributed by atoms with Gasteiger partial charge in [0.25, 0.3) is 11.8 Å². The van der Waals surface area contributed by atoms with Crippen molar-refractivity contribution in [3.63, 3.8) is 0 Å². The van der Waals surface area contributed by atoms with Crippen molar-refractivity contribution in [3.05, 3.63) is 46.3 Å². The van der Waals surface area contributed by atoms with Crippen molar-refractivity contribution in [2.24, 2.45) is 0 Å². The molecule has 7 nitrogen and oxygen atoms in total. The summed E-state index contributed by atoms with van der Waals surface area (Å²) in [4.78, 5) is 28.2. The third kappa shape index (κ3) is 3.99. The molecule has 0 radical (unpaired) electrons. The zero-order chi connectivity index (χ0) is 20.4. The zero-order valence-corrected chi connectivity index (χ0v) is 17.1. The Hall–Kier alpha value is -2.84. The SMILES string of the molecule is CC(C)OCCCN1C(=O)C(Nc2ccc3c(c2)OCO3)=C(c2cccs2)C1=O. The first-order chi connectivity index (χ1) is 14.0. The predicted octanol–water partition coefficient (Wildman–Crippen LogP) is 3.48. The van der Waals surface area contributed by atoms with Gasteiger partial charge in [-0.1, -0.05) is 6.07 Å². The molecule has 0 atom stereocenters. The average molecular weight is 414 g/mol. The van der Waals surface area contributed by atoms with Crippen molar-refractivity contribution in [2.75, 3.05) is 25.3 Å². The summed E-state index contributed by atoms with van der Waals surface area (Å²) in [6, 6.07) is 9.04. The highest BCUT2D eigenvalue weighted by atomic mass is 32.1. The molecule has 0 bridgehead atoms. The van der Waals surface area contributed by atoms with E-state index in [4.69, 9.17) is 14.2 Å². The molecule has 152 valence electrons. The summed E-state index contributed by atoms with van der Waals surface area (Å²) in [5, 5.41) is 5.02. The number of hydrogen-bond acceptors (Lipinski definition) is 7. The number of thiophene rings is 1. The number of ether oxygens (including phenoxy) is 3. The van der Waals surface area contributed by atoms with Crippen LogP contribution >= 0.6 is 11.3 Å². The maximum Gasteiger partial charge on any atom is 0.278 e. The molecule has 2 aliphatic heterocycles. The number of hydrogen-bond donors (Lipinski definition) is 1. The fourth-order valence-corrected chi connectivity index (χ4v) is 3.97. The minimum atomic E-state index is -0.333. The predicted molar refractivity (Wildman–Crippen MR) is 110 cm³/mol. The number of amides is 2. The number of imide groups is 1. The van der Waals surface area contributed by atoms with Crippen LogP contribution in [0.1, 0.15) is 25.1 Å². The molecule has 3 heterocycles. The summed E-state index contributed by atoms with van der Waals surface area (Å²) < 4.78 is 16.3. The molecule has 1 aromatic carbocycles. The minimum Gasteiger partial charge on any atom is -0.454 e. The molecule has 1 N–H and O–H groups in total. The number of carbonyl (C=O) groups is 2. The number of fused-ring (bicyclic) bond motifs is 1. The summed E-state index contributed by atoms with van der Waals surface area (Å²) in [5.41, 5.74) is 1.33. The highest BCUT2D eigenvalue weighted by molar-refractivity contribution is 7.11. The average Bonchev–Trinajstić information content (AvgIpc) is 3.41. The van der Waals surface area contributed by atoms with Crippen LogP contribution in [0.2, 0.25) is 0 Å². The number of nitrogens with one attached hydrogen (secondary N) is 1. The number of carbonyl (C=O) groups excluding carboxylic acids is 2. The van der Waals surface area contributed by atoms with Gasteiger partial charge in [0.1, 0.15) is 5.70 Å². The molecule has 1 aromatic heterocycles. The third-order valence-corrected chi connectivity index (χ3v) is 5.44. The van der Waals surface area contributed by atoms with Crippen molar-refractivity contribution in [3.8, 4) is 11.5 Å². The van der Waals surface area contributed by atoms with Crippen LogP contribution in [0.4, 0.5) is 5.69 Å². The highest BCUT2D eigenvalue weighted by Crippen LogP contribution is 2.37. The van der Waals surface area contributed by atoms with Crippen molar-refractivity contribution in [1.82, 2.24) is 4.90 Å². The molecule has 2 aliphatic rings. The van der Waals surface area contributed by atoms with E-state index in [-0.39, 0.29) is 30.4 Å². The van der Waals surface area contributed by atoms with E-state index in [0.717, 1.165) is 4.88 Å². The van der Waals surface area contributed by atoms with Crippen molar-refractivity contribution >= 4 is 34.4 Å². The normalized spacial score (nSPS) is 15.8. The fraction of sp³-hybridized carbons (Fsp3) is 0.333. The first-order valence-electron chi connectivity index (χ1n) is 9.47. The van der Waals surface area contributed by atoms with E-state index in [1.165, 1.54) is 16.2 Å². The smallest absolute Gasteiger partial charge is 0.278 e. The lowest BCUT2D eigenvalue weighted by Gasteiger charge is -2.16. The van der Waals surface area contributed by atoms with Crippen LogP contribution in [0.15, 0.2) is 41.4 Å². The van der Waals surface area contributed by atoms with Gasteiger partial charge in [0.15, 0.2) is 11.5 Å². The lowest BCUT2D eigenvalue weighted by atomic mass is 10.2. The van der Waals surface area contributed by atoms with Crippen LogP contribution in [0.25, 0.3) is 5.57 Å². The van der Waals surface area contributed by atoms with Gasteiger partial charge in [-0.3, -0.25) is 14.5 Å². The molecular weight excluding hydrogens is 392 g/mol. The Morgan fingerprint density at radius 1 is 1.17 bits per heavy atom. The van der Waals surface area contributed by atoms with Gasteiger partial charge in [0, 0.05) is 29.8 Å². The summed E-state index contributed by atoms with van der Waals surface area (Å²) in [5.74, 6) is 0.641. The van der Waals surface area contributed by atoms with Gasteiger partial charge in [-0.2, -0.15) is 0 Å². The van der Waals surface area contributed by atoms with E-state index in [0.29, 0.717) is 42.3 Å². The monoisotopic (exact) mass is 414 g/mol. The largest absolute Gasteiger partial charge is 0.454 e. The van der Waals surface area contributed by atoms with E-state index >= 15 is 0 Å². The highest BCUT2D eigenvalue weighted by Gasteiger charge is 2.39. The van der Waals surface area contributed by atoms with Gasteiger partial charge in [-0.25, -0.2) is 0 Å². The topological polar surface area (TPSA) is 77.1 Å². The van der Waals surface area contributed by atoms with Crippen LogP contribution in [0.3, 0.4) is 0 Å². The molecule has 0 aliphatic carbocycles. The molecule has 29 heavy (non-hydrogen) atoms. The van der Waals surface area contributed by atoms with Gasteiger partial charge in [0.05, 0.1) is 11.7 Å². The lowest BCUT2D eigenvalue weighted by Crippen LogP contribution is -2.34. The summed E-state index contributed by atoms with van der Waals surface area (Å²) in [6.45, 7) is 4.89. The fourth-order valence-electron chi connectivity index (χ4n) is 3.20. The summed E-state index contributed by atoms with van der Waals surface area (Å²) in [6.07, 6.45) is 0.702. The molecule has 0 fully saturated rings. The molecular formula is C21H22N2O5S. The van der Waals surface area contributed by atoms with Crippen molar-refractivity contribution in [2.45, 2.75) is 26.4 Å². The third-order valence-electron chi connectivity index (χ3n) is 4.55. The van der Waals surface area contributed by atoms with Crippen LogP contribution in [0, 0.1) is 0 Å². The first-order valence-corrected chi connectivity index (χ1v) is 10.3. The van der Waals surface area contributed by atoms with E-state index in [9.17, 15) is 9.59 Å². The second kappa shape index (κ2) is 8.26. The van der Waals surface area contributed by atoms with Gasteiger partial charge in [-0.05, 0) is 43.8 Å². The number of benzene rings is 1. The van der Waals surface area contributed by atoms with Gasteiger partial charge in [0.2, 0.25) is 6.79 Å². The number of rotatable bonds is 8. The Bertz CT molecular complexity index is 952. The molecule has 4 rings (SSSR count). The quantitative estimate of drug-likeness (QED) is 0.526. The van der Waals surface area contributed by atoms with E-state index in [1.54, 1.807) is 18.2 Å². The standard InChI is InChI=1S/C21H22N2O5S/c1-13(2)26-9-4-8-23-20(24)18(17-5-3-10-29-17)19(21(23)25)22-14-6-7-15-16(11-14)28-12-27-15/h3,5-7,10-11,13,22H,4,8-9,12H2,1-2H3. The van der Waals surface area contributed by atoms with E-state index in [2.05, 4.69) is 5.32 Å². The Balaban J connectivity index is 1.58. The zero-order valence-electron chi connectivity index (χ0n) is 16.3. The minimum absolute atomic E-state index is 0.114. The molecule has 0 saturated carbocycles. The Labute approximate surface area is 172 Å². The Kier molecular flexibility index (Phi) is 5.55. The van der Waals surface area contributed by atoms with Crippen molar-refractivity contribution < 1.29 is 23.8 Å². The van der Waals surface area contributed by atoms with Gasteiger partial charge in [-0.15, -0.1) is 11.3 Å². The second-order valence-corrected chi connectivity index (χ2v) is 7.90. The maximum absolute atomic E-state index is 13.1. The van der Waals surface area contributed by atoms with Gasteiger partial charge < -0.3 is 19.5 Å². The van der Waals surface area contributed by atoms with Crippen LogP contribution in [-0.2, 0) is 14.3 Å².